The van der Waals surface area contributed by atoms with Gasteiger partial charge in [-0.3, -0.25) is 0 Å². The van der Waals surface area contributed by atoms with Crippen LogP contribution in [-0.4, -0.2) is 21.3 Å². The molecule has 0 aliphatic heterocycles. The Balaban J connectivity index is 2.10. The van der Waals surface area contributed by atoms with Crippen molar-refractivity contribution in [1.29, 1.82) is 0 Å². The van der Waals surface area contributed by atoms with Gasteiger partial charge in [-0.25, -0.2) is 0 Å². The molecule has 0 saturated heterocycles. The van der Waals surface area contributed by atoms with Crippen LogP contribution in [0, 0.1) is 0 Å². The second kappa shape index (κ2) is 5.37. The van der Waals surface area contributed by atoms with Crippen LogP contribution in [0.15, 0.2) is 24.3 Å². The summed E-state index contributed by atoms with van der Waals surface area (Å²) < 4.78 is 39.7. The number of nitrogen functional groups attached to an aromatic ring is 1. The number of hydrogen-bond donors (Lipinski definition) is 2. The molecule has 6 nitrogen and oxygen atoms in total. The van der Waals surface area contributed by atoms with Crippen LogP contribution in [0.1, 0.15) is 0 Å². The van der Waals surface area contributed by atoms with Crippen LogP contribution in [0.5, 0.6) is 5.75 Å². The number of rotatable bonds is 3. The van der Waals surface area contributed by atoms with Crippen LogP contribution in [0.25, 0.3) is 0 Å². The van der Waals surface area contributed by atoms with E-state index in [1.165, 1.54) is 12.1 Å². The minimum atomic E-state index is -4.73. The molecule has 0 radical (unpaired) electrons. The van der Waals surface area contributed by atoms with Gasteiger partial charge in [0.05, 0.1) is 0 Å². The molecule has 2 rings (SSSR count). The molecule has 2 aromatic rings. The fourth-order valence-corrected chi connectivity index (χ4v) is 1.46. The zero-order valence-corrected chi connectivity index (χ0v) is 10.4. The maximum absolute atomic E-state index is 12.0. The molecule has 3 N–H and O–H groups in total. The van der Waals surface area contributed by atoms with E-state index in [4.69, 9.17) is 17.3 Å². The average Bonchev–Trinajstić information content (AvgIpc) is 2.28. The molecule has 1 aromatic heterocycles. The molecule has 0 aliphatic rings. The second-order valence-corrected chi connectivity index (χ2v) is 3.82. The molecule has 0 bridgehead atoms. The molecule has 10 heteroatoms. The number of hydrogen-bond acceptors (Lipinski definition) is 6. The molecule has 0 spiro atoms. The molecular formula is C10H7ClF3N5O. The van der Waals surface area contributed by atoms with Crippen molar-refractivity contribution >= 4 is 29.2 Å². The number of benzene rings is 1. The normalized spacial score (nSPS) is 11.2. The van der Waals surface area contributed by atoms with E-state index in [0.29, 0.717) is 5.69 Å². The third kappa shape index (κ3) is 4.12. The Bertz CT molecular complexity index is 585. The largest absolute Gasteiger partial charge is 0.573 e. The van der Waals surface area contributed by atoms with E-state index in [-0.39, 0.29) is 22.9 Å². The predicted molar refractivity (Wildman–Crippen MR) is 65.7 cm³/mol. The van der Waals surface area contributed by atoms with Crippen LogP contribution in [0.3, 0.4) is 0 Å². The number of ether oxygens (including phenoxy) is 1. The van der Waals surface area contributed by atoms with E-state index in [1.807, 2.05) is 0 Å². The molecule has 1 heterocycles. The Morgan fingerprint density at radius 1 is 1.10 bits per heavy atom. The third-order valence-corrected chi connectivity index (χ3v) is 2.14. The number of alkyl halides is 3. The highest BCUT2D eigenvalue weighted by Gasteiger charge is 2.30. The van der Waals surface area contributed by atoms with Crippen molar-refractivity contribution < 1.29 is 17.9 Å². The summed E-state index contributed by atoms with van der Waals surface area (Å²) in [6, 6.07) is 4.99. The van der Waals surface area contributed by atoms with Gasteiger partial charge in [-0.1, -0.05) is 0 Å². The zero-order chi connectivity index (χ0) is 14.8. The van der Waals surface area contributed by atoms with Crippen LogP contribution in [0.4, 0.5) is 30.8 Å². The van der Waals surface area contributed by atoms with E-state index in [2.05, 4.69) is 25.0 Å². The van der Waals surface area contributed by atoms with E-state index in [1.54, 1.807) is 0 Å². The summed E-state index contributed by atoms with van der Waals surface area (Å²) >= 11 is 5.59. The van der Waals surface area contributed by atoms with E-state index < -0.39 is 6.36 Å². The molecule has 0 fully saturated rings. The Labute approximate surface area is 115 Å². The summed E-state index contributed by atoms with van der Waals surface area (Å²) in [7, 11) is 0. The van der Waals surface area contributed by atoms with Crippen molar-refractivity contribution in [2.24, 2.45) is 0 Å². The lowest BCUT2D eigenvalue weighted by Gasteiger charge is -2.10. The third-order valence-electron chi connectivity index (χ3n) is 1.97. The number of anilines is 3. The molecule has 0 aliphatic carbocycles. The topological polar surface area (TPSA) is 86.0 Å². The van der Waals surface area contributed by atoms with Crippen LogP contribution in [0.2, 0.25) is 5.28 Å². The van der Waals surface area contributed by atoms with Gasteiger partial charge in [0.15, 0.2) is 0 Å². The average molecular weight is 306 g/mol. The van der Waals surface area contributed by atoms with Gasteiger partial charge in [-0.2, -0.15) is 15.0 Å². The molecule has 106 valence electrons. The van der Waals surface area contributed by atoms with Crippen molar-refractivity contribution in [1.82, 2.24) is 15.0 Å². The van der Waals surface area contributed by atoms with Crippen molar-refractivity contribution in [3.05, 3.63) is 29.5 Å². The van der Waals surface area contributed by atoms with Gasteiger partial charge in [-0.15, -0.1) is 13.2 Å². The maximum Gasteiger partial charge on any atom is 0.573 e. The smallest absolute Gasteiger partial charge is 0.406 e. The molecule has 20 heavy (non-hydrogen) atoms. The number of nitrogens with two attached hydrogens (primary N) is 1. The first-order valence-electron chi connectivity index (χ1n) is 5.12. The number of halogens is 4. The summed E-state index contributed by atoms with van der Waals surface area (Å²) in [5.74, 6) is -0.340. The van der Waals surface area contributed by atoms with Crippen LogP contribution in [-0.2, 0) is 0 Å². The quantitative estimate of drug-likeness (QED) is 0.907. The summed E-state index contributed by atoms with van der Waals surface area (Å²) in [6.45, 7) is 0. The minimum absolute atomic E-state index is 0.0759. The zero-order valence-electron chi connectivity index (χ0n) is 9.65. The van der Waals surface area contributed by atoms with Crippen LogP contribution < -0.4 is 15.8 Å². The van der Waals surface area contributed by atoms with E-state index >= 15 is 0 Å². The minimum Gasteiger partial charge on any atom is -0.406 e. The highest BCUT2D eigenvalue weighted by Crippen LogP contribution is 2.24. The molecular weight excluding hydrogens is 299 g/mol. The molecule has 0 unspecified atom stereocenters. The van der Waals surface area contributed by atoms with Crippen molar-refractivity contribution in [2.75, 3.05) is 11.1 Å². The molecule has 0 amide bonds. The number of nitrogens with one attached hydrogen (secondary N) is 1. The van der Waals surface area contributed by atoms with Gasteiger partial charge >= 0.3 is 6.36 Å². The number of nitrogens with zero attached hydrogens (tertiary/aromatic N) is 3. The second-order valence-electron chi connectivity index (χ2n) is 3.48. The lowest BCUT2D eigenvalue weighted by molar-refractivity contribution is -0.274. The van der Waals surface area contributed by atoms with Gasteiger partial charge in [0.1, 0.15) is 5.75 Å². The van der Waals surface area contributed by atoms with Crippen LogP contribution >= 0.6 is 11.6 Å². The summed E-state index contributed by atoms with van der Waals surface area (Å²) in [6.07, 6.45) is -4.73. The van der Waals surface area contributed by atoms with Crippen molar-refractivity contribution in [2.45, 2.75) is 6.36 Å². The first-order valence-corrected chi connectivity index (χ1v) is 5.49. The summed E-state index contributed by atoms with van der Waals surface area (Å²) in [5, 5.41) is 2.61. The van der Waals surface area contributed by atoms with Gasteiger partial charge < -0.3 is 15.8 Å². The predicted octanol–water partition coefficient (Wildman–Crippen LogP) is 2.75. The lowest BCUT2D eigenvalue weighted by Crippen LogP contribution is -2.17. The van der Waals surface area contributed by atoms with Gasteiger partial charge in [0.2, 0.25) is 17.2 Å². The fraction of sp³-hybridized carbons (Fsp3) is 0.100. The van der Waals surface area contributed by atoms with Crippen molar-refractivity contribution in [3.8, 4) is 5.75 Å². The Hall–Kier alpha value is -2.29. The Kier molecular flexibility index (Phi) is 3.79. The van der Waals surface area contributed by atoms with Gasteiger partial charge in [0, 0.05) is 5.69 Å². The highest BCUT2D eigenvalue weighted by molar-refractivity contribution is 6.28. The lowest BCUT2D eigenvalue weighted by atomic mass is 10.3. The molecule has 1 aromatic carbocycles. The first kappa shape index (κ1) is 14.1. The maximum atomic E-state index is 12.0. The molecule has 0 atom stereocenters. The monoisotopic (exact) mass is 305 g/mol. The van der Waals surface area contributed by atoms with Gasteiger partial charge in [0.25, 0.3) is 0 Å². The summed E-state index contributed by atoms with van der Waals surface area (Å²) in [5.41, 5.74) is 5.81. The highest BCUT2D eigenvalue weighted by atomic mass is 35.5. The fourth-order valence-electron chi connectivity index (χ4n) is 1.29. The Morgan fingerprint density at radius 2 is 1.75 bits per heavy atom. The first-order chi connectivity index (χ1) is 9.32. The number of aromatic nitrogens is 3. The van der Waals surface area contributed by atoms with Crippen molar-refractivity contribution in [3.63, 3.8) is 0 Å². The summed E-state index contributed by atoms with van der Waals surface area (Å²) in [4.78, 5) is 11.1. The standard InChI is InChI=1S/C10H7ClF3N5O/c11-7-17-8(15)19-9(18-7)16-5-1-3-6(4-2-5)20-10(12,13)14/h1-4H,(H3,15,16,17,18,19). The van der Waals surface area contributed by atoms with Gasteiger partial charge in [-0.05, 0) is 35.9 Å². The molecule has 0 saturated carbocycles. The SMILES string of the molecule is Nc1nc(Cl)nc(Nc2ccc(OC(F)(F)F)cc2)n1. The Morgan fingerprint density at radius 3 is 2.30 bits per heavy atom. The van der Waals surface area contributed by atoms with E-state index in [0.717, 1.165) is 12.1 Å². The van der Waals surface area contributed by atoms with E-state index in [9.17, 15) is 13.2 Å².